The SMILES string of the molecule is CNS(=O)(=O)c1ccc2c(c1)/C(=C/c1[nH]c(C)c(C(=O)NCCCN(C)CCCNC(=O)c3c(C)[nH]c(/C=C4\C(=O)Nc5ccc(S(=O)(=O)NC)cc54)c3C)c1C)C(=O)N2. The maximum absolute atomic E-state index is 13.3. The van der Waals surface area contributed by atoms with Crippen molar-refractivity contribution >= 4 is 78.3 Å². The largest absolute Gasteiger partial charge is 0.358 e. The minimum absolute atomic E-state index is 0.0281. The third kappa shape index (κ3) is 8.85. The molecule has 0 spiro atoms. The predicted octanol–water partition coefficient (Wildman–Crippen LogP) is 3.25. The van der Waals surface area contributed by atoms with E-state index in [-0.39, 0.29) is 44.6 Å². The zero-order valence-corrected chi connectivity index (χ0v) is 36.0. The number of aromatic nitrogens is 2. The molecule has 0 atom stereocenters. The van der Waals surface area contributed by atoms with Gasteiger partial charge in [0.25, 0.3) is 23.6 Å². The summed E-state index contributed by atoms with van der Waals surface area (Å²) in [5.41, 5.74) is 7.07. The first-order valence-electron chi connectivity index (χ1n) is 19.2. The van der Waals surface area contributed by atoms with Crippen LogP contribution in [0.2, 0.25) is 0 Å². The number of nitrogens with one attached hydrogen (secondary N) is 8. The second kappa shape index (κ2) is 17.4. The van der Waals surface area contributed by atoms with Crippen LogP contribution in [0.25, 0.3) is 23.3 Å². The van der Waals surface area contributed by atoms with Crippen LogP contribution in [0.3, 0.4) is 0 Å². The van der Waals surface area contributed by atoms with Crippen LogP contribution >= 0.6 is 0 Å². The molecule has 2 aliphatic rings. The van der Waals surface area contributed by atoms with E-state index in [0.29, 0.717) is 107 Å². The Morgan fingerprint density at radius 3 is 1.40 bits per heavy atom. The Hall–Kier alpha value is -5.86. The average molecular weight is 860 g/mol. The van der Waals surface area contributed by atoms with Gasteiger partial charge in [-0.2, -0.15) is 0 Å². The molecule has 0 saturated heterocycles. The summed E-state index contributed by atoms with van der Waals surface area (Å²) in [6.07, 6.45) is 4.61. The van der Waals surface area contributed by atoms with Gasteiger partial charge in [0.1, 0.15) is 0 Å². The Bertz CT molecular complexity index is 2530. The minimum atomic E-state index is -3.73. The molecular formula is C41H49N9O8S2. The van der Waals surface area contributed by atoms with Crippen LogP contribution in [0, 0.1) is 27.7 Å². The minimum Gasteiger partial charge on any atom is -0.358 e. The highest BCUT2D eigenvalue weighted by Gasteiger charge is 2.29. The van der Waals surface area contributed by atoms with E-state index in [0.717, 1.165) is 0 Å². The van der Waals surface area contributed by atoms with E-state index in [9.17, 15) is 36.0 Å². The number of carbonyl (C=O) groups excluding carboxylic acids is 4. The molecule has 0 fully saturated rings. The highest BCUT2D eigenvalue weighted by Crippen LogP contribution is 2.37. The second-order valence-corrected chi connectivity index (χ2v) is 18.5. The van der Waals surface area contributed by atoms with Gasteiger partial charge in [-0.3, -0.25) is 19.2 Å². The van der Waals surface area contributed by atoms with Crippen LogP contribution in [-0.4, -0.2) is 103 Å². The summed E-state index contributed by atoms with van der Waals surface area (Å²) in [4.78, 5) is 60.8. The van der Waals surface area contributed by atoms with Crippen LogP contribution in [-0.2, 0) is 29.6 Å². The van der Waals surface area contributed by atoms with Crippen molar-refractivity contribution in [2.75, 3.05) is 58.0 Å². The van der Waals surface area contributed by atoms with Gasteiger partial charge in [0.2, 0.25) is 20.0 Å². The first kappa shape index (κ1) is 43.7. The number of anilines is 2. The number of carbonyl (C=O) groups is 4. The highest BCUT2D eigenvalue weighted by molar-refractivity contribution is 7.89. The number of nitrogens with zero attached hydrogens (tertiary/aromatic N) is 1. The van der Waals surface area contributed by atoms with Gasteiger partial charge in [-0.25, -0.2) is 26.3 Å². The molecule has 17 nitrogen and oxygen atoms in total. The van der Waals surface area contributed by atoms with Gasteiger partial charge in [-0.15, -0.1) is 0 Å². The molecule has 318 valence electrons. The van der Waals surface area contributed by atoms with E-state index in [1.54, 1.807) is 52.0 Å². The lowest BCUT2D eigenvalue weighted by molar-refractivity contribution is -0.111. The molecule has 4 heterocycles. The maximum Gasteiger partial charge on any atom is 0.256 e. The number of hydrogen-bond donors (Lipinski definition) is 8. The molecular weight excluding hydrogens is 811 g/mol. The zero-order chi connectivity index (χ0) is 43.7. The number of amides is 4. The van der Waals surface area contributed by atoms with E-state index in [2.05, 4.69) is 45.6 Å². The van der Waals surface area contributed by atoms with Crippen molar-refractivity contribution in [2.45, 2.75) is 50.3 Å². The maximum atomic E-state index is 13.3. The monoisotopic (exact) mass is 859 g/mol. The van der Waals surface area contributed by atoms with Crippen LogP contribution in [0.5, 0.6) is 0 Å². The third-order valence-electron chi connectivity index (χ3n) is 10.7. The standard InChI is InChI=1S/C41H49N9O8S2/c1-22-34(20-30-28-18-26(59(55,56)42-5)10-12-32(28)48-38(30)51)46-24(3)36(22)40(53)44-14-8-16-50(7)17-9-15-45-41(54)37-23(2)35(47-25(37)4)21-31-29-19-27(60(57,58)43-6)11-13-33(29)49-39(31)52/h10-13,18-21,42-43,46-47H,8-9,14-17H2,1-7H3,(H,44,53)(H,45,54)(H,48,51)(H,49,52)/b30-20-,31-21-. The molecule has 0 bridgehead atoms. The summed E-state index contributed by atoms with van der Waals surface area (Å²) >= 11 is 0. The lowest BCUT2D eigenvalue weighted by atomic mass is 10.0. The Morgan fingerprint density at radius 1 is 0.650 bits per heavy atom. The molecule has 6 rings (SSSR count). The number of aryl methyl sites for hydroxylation is 2. The molecule has 2 aromatic heterocycles. The summed E-state index contributed by atoms with van der Waals surface area (Å²) < 4.78 is 54.1. The van der Waals surface area contributed by atoms with Crippen molar-refractivity contribution in [3.63, 3.8) is 0 Å². The van der Waals surface area contributed by atoms with Crippen LogP contribution in [0.1, 0.15) is 78.6 Å². The van der Waals surface area contributed by atoms with Crippen LogP contribution in [0.4, 0.5) is 11.4 Å². The fourth-order valence-electron chi connectivity index (χ4n) is 7.39. The van der Waals surface area contributed by atoms with Crippen LogP contribution in [0.15, 0.2) is 46.2 Å². The Balaban J connectivity index is 0.980. The Morgan fingerprint density at radius 2 is 1.03 bits per heavy atom. The first-order chi connectivity index (χ1) is 28.4. The molecule has 2 aromatic carbocycles. The summed E-state index contributed by atoms with van der Waals surface area (Å²) in [6.45, 7) is 9.37. The lowest BCUT2D eigenvalue weighted by Gasteiger charge is -2.17. The van der Waals surface area contributed by atoms with Crippen molar-refractivity contribution < 1.29 is 36.0 Å². The van der Waals surface area contributed by atoms with Crippen molar-refractivity contribution in [1.82, 2.24) is 34.9 Å². The van der Waals surface area contributed by atoms with Crippen molar-refractivity contribution in [3.8, 4) is 0 Å². The van der Waals surface area contributed by atoms with Gasteiger partial charge >= 0.3 is 0 Å². The molecule has 0 saturated carbocycles. The quantitative estimate of drug-likeness (QED) is 0.0608. The van der Waals surface area contributed by atoms with Gasteiger partial charge in [0, 0.05) is 58.4 Å². The van der Waals surface area contributed by atoms with Gasteiger partial charge in [-0.05, 0) is 134 Å². The number of aromatic amines is 2. The number of rotatable bonds is 16. The Kier molecular flexibility index (Phi) is 12.7. The summed E-state index contributed by atoms with van der Waals surface area (Å²) in [6, 6.07) is 8.82. The topological polar surface area (TPSA) is 244 Å². The molecule has 0 radical (unpaired) electrons. The molecule has 0 unspecified atom stereocenters. The predicted molar refractivity (Wildman–Crippen MR) is 230 cm³/mol. The number of H-pyrrole nitrogens is 2. The lowest BCUT2D eigenvalue weighted by Crippen LogP contribution is -2.31. The summed E-state index contributed by atoms with van der Waals surface area (Å²) in [7, 11) is -2.85. The second-order valence-electron chi connectivity index (χ2n) is 14.7. The normalized spacial score (nSPS) is 15.1. The van der Waals surface area contributed by atoms with E-state index in [1.165, 1.54) is 38.4 Å². The third-order valence-corrected chi connectivity index (χ3v) is 13.5. The van der Waals surface area contributed by atoms with Gasteiger partial charge in [0.15, 0.2) is 0 Å². The number of sulfonamides is 2. The van der Waals surface area contributed by atoms with Crippen molar-refractivity contribution in [1.29, 1.82) is 0 Å². The summed E-state index contributed by atoms with van der Waals surface area (Å²) in [5.74, 6) is -1.27. The smallest absolute Gasteiger partial charge is 0.256 e. The van der Waals surface area contributed by atoms with Crippen molar-refractivity contribution in [3.05, 3.63) is 92.6 Å². The first-order valence-corrected chi connectivity index (χ1v) is 22.2. The zero-order valence-electron chi connectivity index (χ0n) is 34.4. The van der Waals surface area contributed by atoms with E-state index in [4.69, 9.17) is 0 Å². The van der Waals surface area contributed by atoms with E-state index >= 15 is 0 Å². The van der Waals surface area contributed by atoms with E-state index < -0.39 is 20.0 Å². The van der Waals surface area contributed by atoms with E-state index in [1.807, 2.05) is 7.05 Å². The fraction of sp³-hybridized carbons (Fsp3) is 0.317. The highest BCUT2D eigenvalue weighted by atomic mass is 32.2. The van der Waals surface area contributed by atoms with Crippen molar-refractivity contribution in [2.24, 2.45) is 0 Å². The molecule has 19 heteroatoms. The molecule has 0 aliphatic carbocycles. The van der Waals surface area contributed by atoms with Gasteiger partial charge in [-0.1, -0.05) is 0 Å². The number of hydrogen-bond acceptors (Lipinski definition) is 9. The number of fused-ring (bicyclic) bond motifs is 2. The van der Waals surface area contributed by atoms with Gasteiger partial charge in [0.05, 0.1) is 32.1 Å². The van der Waals surface area contributed by atoms with Crippen LogP contribution < -0.4 is 30.7 Å². The summed E-state index contributed by atoms with van der Waals surface area (Å²) in [5, 5.41) is 11.5. The molecule has 4 amide bonds. The molecule has 8 N–H and O–H groups in total. The van der Waals surface area contributed by atoms with Gasteiger partial charge < -0.3 is 36.1 Å². The fourth-order valence-corrected chi connectivity index (χ4v) is 8.90. The average Bonchev–Trinajstić information content (AvgIpc) is 3.89. The number of benzene rings is 2. The Labute approximate surface area is 349 Å². The molecule has 60 heavy (non-hydrogen) atoms. The molecule has 4 aromatic rings. The molecule has 2 aliphatic heterocycles.